The Kier molecular flexibility index (Phi) is 5.68. The summed E-state index contributed by atoms with van der Waals surface area (Å²) in [6.07, 6.45) is 0. The summed E-state index contributed by atoms with van der Waals surface area (Å²) >= 11 is 4.09. The summed E-state index contributed by atoms with van der Waals surface area (Å²) in [7, 11) is 3.39. The van der Waals surface area contributed by atoms with Crippen LogP contribution >= 0.6 is 33.9 Å². The second kappa shape index (κ2) is 7.28. The standard InChI is InChI=1S/C15H18INO2S/c1-4-17-15(10-8-13(16)20-9-10)14-11(18-2)6-5-7-12(14)19-3/h5-9,15,17H,4H2,1-3H3. The second-order valence-electron chi connectivity index (χ2n) is 4.25. The van der Waals surface area contributed by atoms with Crippen LogP contribution in [0.2, 0.25) is 0 Å². The molecule has 1 aromatic heterocycles. The molecule has 2 rings (SSSR count). The van der Waals surface area contributed by atoms with Crippen molar-refractivity contribution in [3.8, 4) is 11.5 Å². The van der Waals surface area contributed by atoms with Gasteiger partial charge in [0, 0.05) is 0 Å². The molecule has 20 heavy (non-hydrogen) atoms. The Labute approximate surface area is 137 Å². The van der Waals surface area contributed by atoms with Crippen LogP contribution in [0.25, 0.3) is 0 Å². The van der Waals surface area contributed by atoms with Crippen molar-refractivity contribution < 1.29 is 9.47 Å². The molecule has 0 fully saturated rings. The van der Waals surface area contributed by atoms with E-state index >= 15 is 0 Å². The number of nitrogens with one attached hydrogen (secondary N) is 1. The molecule has 0 aliphatic carbocycles. The fourth-order valence-corrected chi connectivity index (χ4v) is 3.63. The van der Waals surface area contributed by atoms with Crippen molar-refractivity contribution in [3.05, 3.63) is 43.7 Å². The zero-order chi connectivity index (χ0) is 14.5. The van der Waals surface area contributed by atoms with Crippen LogP contribution in [-0.4, -0.2) is 20.8 Å². The number of hydrogen-bond acceptors (Lipinski definition) is 4. The minimum Gasteiger partial charge on any atom is -0.496 e. The number of methoxy groups -OCH3 is 2. The smallest absolute Gasteiger partial charge is 0.127 e. The Morgan fingerprint density at radius 2 is 1.90 bits per heavy atom. The van der Waals surface area contributed by atoms with Crippen molar-refractivity contribution in [2.24, 2.45) is 0 Å². The molecule has 0 aliphatic rings. The molecule has 0 saturated carbocycles. The lowest BCUT2D eigenvalue weighted by Crippen LogP contribution is -2.22. The van der Waals surface area contributed by atoms with E-state index < -0.39 is 0 Å². The van der Waals surface area contributed by atoms with Gasteiger partial charge in [-0.2, -0.15) is 0 Å². The van der Waals surface area contributed by atoms with Crippen molar-refractivity contribution >= 4 is 33.9 Å². The van der Waals surface area contributed by atoms with Crippen molar-refractivity contribution in [2.75, 3.05) is 20.8 Å². The monoisotopic (exact) mass is 403 g/mol. The van der Waals surface area contributed by atoms with Crippen LogP contribution in [0.4, 0.5) is 0 Å². The predicted molar refractivity (Wildman–Crippen MR) is 92.1 cm³/mol. The molecule has 0 spiro atoms. The fourth-order valence-electron chi connectivity index (χ4n) is 2.23. The highest BCUT2D eigenvalue weighted by Crippen LogP contribution is 2.38. The minimum absolute atomic E-state index is 0.0749. The normalized spacial score (nSPS) is 12.2. The lowest BCUT2D eigenvalue weighted by molar-refractivity contribution is 0.377. The van der Waals surface area contributed by atoms with Gasteiger partial charge in [-0.25, -0.2) is 0 Å². The highest BCUT2D eigenvalue weighted by Gasteiger charge is 2.22. The van der Waals surface area contributed by atoms with E-state index in [4.69, 9.17) is 9.47 Å². The van der Waals surface area contributed by atoms with Crippen LogP contribution < -0.4 is 14.8 Å². The van der Waals surface area contributed by atoms with Gasteiger partial charge in [-0.3, -0.25) is 0 Å². The van der Waals surface area contributed by atoms with E-state index in [-0.39, 0.29) is 6.04 Å². The van der Waals surface area contributed by atoms with Crippen LogP contribution in [-0.2, 0) is 0 Å². The van der Waals surface area contributed by atoms with Gasteiger partial charge < -0.3 is 14.8 Å². The van der Waals surface area contributed by atoms with E-state index in [2.05, 4.69) is 46.3 Å². The van der Waals surface area contributed by atoms with Gasteiger partial charge in [-0.05, 0) is 58.3 Å². The fraction of sp³-hybridized carbons (Fsp3) is 0.333. The molecule has 1 heterocycles. The molecule has 1 N–H and O–H groups in total. The van der Waals surface area contributed by atoms with Gasteiger partial charge in [-0.1, -0.05) is 13.0 Å². The zero-order valence-electron chi connectivity index (χ0n) is 11.8. The topological polar surface area (TPSA) is 30.5 Å². The van der Waals surface area contributed by atoms with E-state index in [0.717, 1.165) is 23.6 Å². The molecule has 1 unspecified atom stereocenters. The molecular formula is C15H18INO2S. The molecule has 108 valence electrons. The largest absolute Gasteiger partial charge is 0.496 e. The minimum atomic E-state index is 0.0749. The number of halogens is 1. The number of rotatable bonds is 6. The van der Waals surface area contributed by atoms with E-state index in [0.29, 0.717) is 0 Å². The first-order valence-corrected chi connectivity index (χ1v) is 8.35. The summed E-state index contributed by atoms with van der Waals surface area (Å²) in [4.78, 5) is 0. The number of thiophene rings is 1. The van der Waals surface area contributed by atoms with Gasteiger partial charge in [-0.15, -0.1) is 11.3 Å². The molecule has 5 heteroatoms. The molecule has 0 saturated heterocycles. The summed E-state index contributed by atoms with van der Waals surface area (Å²) in [5.74, 6) is 1.69. The summed E-state index contributed by atoms with van der Waals surface area (Å²) in [6, 6.07) is 8.16. The maximum absolute atomic E-state index is 5.52. The summed E-state index contributed by atoms with van der Waals surface area (Å²) in [5, 5.41) is 5.70. The molecule has 0 bridgehead atoms. The average molecular weight is 403 g/mol. The predicted octanol–water partition coefficient (Wildman–Crippen LogP) is 4.07. The first-order valence-electron chi connectivity index (χ1n) is 6.39. The van der Waals surface area contributed by atoms with Gasteiger partial charge in [0.15, 0.2) is 0 Å². The summed E-state index contributed by atoms with van der Waals surface area (Å²) < 4.78 is 12.3. The Hall–Kier alpha value is -0.790. The highest BCUT2D eigenvalue weighted by molar-refractivity contribution is 14.1. The Morgan fingerprint density at radius 3 is 2.35 bits per heavy atom. The third-order valence-electron chi connectivity index (χ3n) is 3.08. The van der Waals surface area contributed by atoms with Crippen LogP contribution in [0, 0.1) is 2.88 Å². The molecule has 0 aliphatic heterocycles. The van der Waals surface area contributed by atoms with E-state index in [1.807, 2.05) is 18.2 Å². The Morgan fingerprint density at radius 1 is 1.25 bits per heavy atom. The molecule has 2 aromatic rings. The van der Waals surface area contributed by atoms with Gasteiger partial charge >= 0.3 is 0 Å². The van der Waals surface area contributed by atoms with Crippen LogP contribution in [0.15, 0.2) is 29.6 Å². The van der Waals surface area contributed by atoms with Gasteiger partial charge in [0.05, 0.1) is 28.7 Å². The number of ether oxygens (including phenoxy) is 2. The van der Waals surface area contributed by atoms with Crippen LogP contribution in [0.3, 0.4) is 0 Å². The maximum atomic E-state index is 5.52. The molecule has 0 radical (unpaired) electrons. The Balaban J connectivity index is 2.53. The quantitative estimate of drug-likeness (QED) is 0.738. The zero-order valence-corrected chi connectivity index (χ0v) is 14.7. The van der Waals surface area contributed by atoms with Crippen molar-refractivity contribution in [3.63, 3.8) is 0 Å². The first-order chi connectivity index (χ1) is 9.71. The third kappa shape index (κ3) is 3.27. The lowest BCUT2D eigenvalue weighted by Gasteiger charge is -2.22. The SMILES string of the molecule is CCNC(c1csc(I)c1)c1c(OC)cccc1OC. The molecular weight excluding hydrogens is 385 g/mol. The number of hydrogen-bond donors (Lipinski definition) is 1. The Bertz CT molecular complexity index is 549. The van der Waals surface area contributed by atoms with Crippen molar-refractivity contribution in [1.82, 2.24) is 5.32 Å². The third-order valence-corrected chi connectivity index (χ3v) is 4.89. The van der Waals surface area contributed by atoms with Crippen molar-refractivity contribution in [2.45, 2.75) is 13.0 Å². The van der Waals surface area contributed by atoms with Crippen LogP contribution in [0.5, 0.6) is 11.5 Å². The highest BCUT2D eigenvalue weighted by atomic mass is 127. The lowest BCUT2D eigenvalue weighted by atomic mass is 9.99. The molecule has 1 atom stereocenters. The van der Waals surface area contributed by atoms with Gasteiger partial charge in [0.25, 0.3) is 0 Å². The first kappa shape index (κ1) is 15.6. The van der Waals surface area contributed by atoms with Crippen LogP contribution in [0.1, 0.15) is 24.1 Å². The summed E-state index contributed by atoms with van der Waals surface area (Å²) in [6.45, 7) is 2.98. The molecule has 0 amide bonds. The van der Waals surface area contributed by atoms with Gasteiger partial charge in [0.1, 0.15) is 11.5 Å². The van der Waals surface area contributed by atoms with E-state index in [9.17, 15) is 0 Å². The summed E-state index contributed by atoms with van der Waals surface area (Å²) in [5.41, 5.74) is 2.29. The number of benzene rings is 1. The molecule has 3 nitrogen and oxygen atoms in total. The van der Waals surface area contributed by atoms with Crippen molar-refractivity contribution in [1.29, 1.82) is 0 Å². The average Bonchev–Trinajstić information content (AvgIpc) is 2.90. The second-order valence-corrected chi connectivity index (χ2v) is 7.06. The van der Waals surface area contributed by atoms with E-state index in [1.165, 1.54) is 8.45 Å². The maximum Gasteiger partial charge on any atom is 0.127 e. The molecule has 1 aromatic carbocycles. The van der Waals surface area contributed by atoms with Gasteiger partial charge in [0.2, 0.25) is 0 Å². The van der Waals surface area contributed by atoms with E-state index in [1.54, 1.807) is 25.6 Å².